The number of benzene rings is 1. The molecule has 1 heterocycles. The Balaban J connectivity index is 1.78. The lowest BCUT2D eigenvalue weighted by Gasteiger charge is -2.22. The molecule has 0 spiro atoms. The molecule has 0 aliphatic heterocycles. The molecule has 0 bridgehead atoms. The number of aliphatic hydroxyl groups excluding tert-OH is 1. The molecule has 11 nitrogen and oxygen atoms in total. The van der Waals surface area contributed by atoms with Crippen LogP contribution in [0.15, 0.2) is 30.5 Å². The van der Waals surface area contributed by atoms with Crippen LogP contribution in [0.25, 0.3) is 0 Å². The number of unbranched alkanes of at least 4 members (excludes halogenated alkanes) is 1. The van der Waals surface area contributed by atoms with Gasteiger partial charge in [0.2, 0.25) is 11.8 Å². The van der Waals surface area contributed by atoms with Gasteiger partial charge in [-0.15, -0.1) is 0 Å². The summed E-state index contributed by atoms with van der Waals surface area (Å²) in [7, 11) is 0. The molecule has 1 aromatic carbocycles. The van der Waals surface area contributed by atoms with Gasteiger partial charge >= 0.3 is 0 Å². The molecule has 0 fully saturated rings. The van der Waals surface area contributed by atoms with Crippen LogP contribution in [0.4, 0.5) is 5.82 Å². The second-order valence-electron chi connectivity index (χ2n) is 9.60. The Kier molecular flexibility index (Phi) is 17.1. The van der Waals surface area contributed by atoms with E-state index in [0.717, 1.165) is 24.2 Å². The minimum absolute atomic E-state index is 0.191. The van der Waals surface area contributed by atoms with Crippen molar-refractivity contribution in [2.75, 3.05) is 51.4 Å². The summed E-state index contributed by atoms with van der Waals surface area (Å²) in [6, 6.07) is 6.11. The molecule has 2 aromatic rings. The summed E-state index contributed by atoms with van der Waals surface area (Å²) in [6.45, 7) is 6.58. The Morgan fingerprint density at radius 3 is 2.33 bits per heavy atom. The van der Waals surface area contributed by atoms with E-state index >= 15 is 0 Å². The zero-order chi connectivity index (χ0) is 30.7. The number of hydrogen-bond donors (Lipinski definition) is 5. The Labute approximate surface area is 257 Å². The summed E-state index contributed by atoms with van der Waals surface area (Å²) in [6.07, 6.45) is 2.41. The smallest absolute Gasteiger partial charge is 0.239 e. The van der Waals surface area contributed by atoms with Gasteiger partial charge in [-0.3, -0.25) is 9.59 Å². The molecule has 2 rings (SSSR count). The van der Waals surface area contributed by atoms with Crippen LogP contribution in [-0.2, 0) is 19.1 Å². The average Bonchev–Trinajstić information content (AvgIpc) is 2.93. The molecule has 5 N–H and O–H groups in total. The molecule has 0 radical (unpaired) electrons. The molecule has 42 heavy (non-hydrogen) atoms. The third-order valence-corrected chi connectivity index (χ3v) is 6.46. The third-order valence-electron chi connectivity index (χ3n) is 5.90. The number of pyridine rings is 1. The van der Waals surface area contributed by atoms with Crippen molar-refractivity contribution in [2.24, 2.45) is 0 Å². The van der Waals surface area contributed by atoms with Gasteiger partial charge in [0.05, 0.1) is 42.5 Å². The van der Waals surface area contributed by atoms with Crippen LogP contribution in [0.3, 0.4) is 0 Å². The molecule has 1 atom stereocenters. The monoisotopic (exact) mass is 628 g/mol. The van der Waals surface area contributed by atoms with Gasteiger partial charge in [0.25, 0.3) is 0 Å². The van der Waals surface area contributed by atoms with Gasteiger partial charge in [0.1, 0.15) is 12.4 Å². The fourth-order valence-corrected chi connectivity index (χ4v) is 4.46. The highest BCUT2D eigenvalue weighted by molar-refractivity contribution is 6.37. The van der Waals surface area contributed by atoms with Gasteiger partial charge in [0.15, 0.2) is 12.0 Å². The molecule has 1 aromatic heterocycles. The first kappa shape index (κ1) is 35.5. The second-order valence-corrected chi connectivity index (χ2v) is 10.4. The average molecular weight is 630 g/mol. The molecule has 0 saturated heterocycles. The zero-order valence-electron chi connectivity index (χ0n) is 24.2. The number of carbonyl (C=O) groups excluding carboxylic acids is 2. The molecule has 234 valence electrons. The van der Waals surface area contributed by atoms with E-state index in [0.29, 0.717) is 45.0 Å². The first-order valence-corrected chi connectivity index (χ1v) is 14.8. The maximum absolute atomic E-state index is 12.6. The highest BCUT2D eigenvalue weighted by Gasteiger charge is 2.21. The first-order chi connectivity index (χ1) is 20.2. The highest BCUT2D eigenvalue weighted by atomic mass is 35.5. The van der Waals surface area contributed by atoms with E-state index < -0.39 is 18.2 Å². The van der Waals surface area contributed by atoms with Crippen molar-refractivity contribution < 1.29 is 34.0 Å². The fourth-order valence-electron chi connectivity index (χ4n) is 3.85. The number of rotatable bonds is 21. The predicted octanol–water partition coefficient (Wildman–Crippen LogP) is 3.78. The molecule has 0 aliphatic carbocycles. The SMILES string of the molecule is CCCOCCOCCOc1c(Cl)cc(C(CC(O)O)NC(=O)CNC(=O)CCCCNc2cc(C)ccn2)cc1Cl. The van der Waals surface area contributed by atoms with E-state index in [1.54, 1.807) is 6.20 Å². The zero-order valence-corrected chi connectivity index (χ0v) is 25.7. The number of aryl methyl sites for hydroxylation is 1. The fraction of sp³-hybridized carbons (Fsp3) is 0.552. The lowest BCUT2D eigenvalue weighted by molar-refractivity contribution is -0.127. The number of aromatic nitrogens is 1. The van der Waals surface area contributed by atoms with Gasteiger partial charge < -0.3 is 40.4 Å². The van der Waals surface area contributed by atoms with E-state index in [9.17, 15) is 19.8 Å². The van der Waals surface area contributed by atoms with Crippen molar-refractivity contribution in [3.63, 3.8) is 0 Å². The lowest BCUT2D eigenvalue weighted by Crippen LogP contribution is -2.39. The normalized spacial score (nSPS) is 11.8. The van der Waals surface area contributed by atoms with Crippen LogP contribution in [0.1, 0.15) is 56.2 Å². The van der Waals surface area contributed by atoms with E-state index in [1.807, 2.05) is 26.0 Å². The van der Waals surface area contributed by atoms with E-state index in [4.69, 9.17) is 37.4 Å². The Hall–Kier alpha value is -2.67. The minimum Gasteiger partial charge on any atom is -0.488 e. The minimum atomic E-state index is -1.71. The number of aliphatic hydroxyl groups is 2. The van der Waals surface area contributed by atoms with Gasteiger partial charge in [-0.1, -0.05) is 30.1 Å². The van der Waals surface area contributed by atoms with Crippen molar-refractivity contribution in [1.82, 2.24) is 15.6 Å². The van der Waals surface area contributed by atoms with Gasteiger partial charge in [-0.25, -0.2) is 4.98 Å². The summed E-state index contributed by atoms with van der Waals surface area (Å²) in [4.78, 5) is 29.0. The van der Waals surface area contributed by atoms with Crippen molar-refractivity contribution >= 4 is 40.8 Å². The molecule has 2 amide bonds. The molecule has 0 saturated carbocycles. The van der Waals surface area contributed by atoms with Crippen LogP contribution in [-0.4, -0.2) is 79.4 Å². The third kappa shape index (κ3) is 14.5. The Bertz CT molecular complexity index is 1080. The van der Waals surface area contributed by atoms with E-state index in [1.165, 1.54) is 12.1 Å². The number of hydrogen-bond acceptors (Lipinski definition) is 9. The number of carbonyl (C=O) groups is 2. The number of nitrogens with one attached hydrogen (secondary N) is 3. The van der Waals surface area contributed by atoms with E-state index in [-0.39, 0.29) is 47.7 Å². The summed E-state index contributed by atoms with van der Waals surface area (Å²) >= 11 is 12.8. The standard InChI is InChI=1S/C29H42Cl2N4O7/c1-3-10-40-11-12-41-13-14-42-29-22(30)16-21(17-23(29)31)24(18-28(38)39)35-27(37)19-34-26(36)6-4-5-8-32-25-15-20(2)7-9-33-25/h7,9,15-17,24,28,38-39H,3-6,8,10-14,18-19H2,1-2H3,(H,32,33)(H,34,36)(H,35,37). The quantitative estimate of drug-likeness (QED) is 0.103. The highest BCUT2D eigenvalue weighted by Crippen LogP contribution is 2.36. The molecule has 0 aliphatic rings. The number of nitrogens with zero attached hydrogens (tertiary/aromatic N) is 1. The molecule has 1 unspecified atom stereocenters. The van der Waals surface area contributed by atoms with Crippen molar-refractivity contribution in [1.29, 1.82) is 0 Å². The Morgan fingerprint density at radius 2 is 1.67 bits per heavy atom. The van der Waals surface area contributed by atoms with Crippen LogP contribution in [0, 0.1) is 6.92 Å². The van der Waals surface area contributed by atoms with Crippen molar-refractivity contribution in [3.8, 4) is 5.75 Å². The van der Waals surface area contributed by atoms with E-state index in [2.05, 4.69) is 20.9 Å². The van der Waals surface area contributed by atoms with Crippen LogP contribution < -0.4 is 20.7 Å². The van der Waals surface area contributed by atoms with Crippen molar-refractivity contribution in [2.45, 2.75) is 58.3 Å². The molecular weight excluding hydrogens is 587 g/mol. The summed E-state index contributed by atoms with van der Waals surface area (Å²) in [5, 5.41) is 28.0. The van der Waals surface area contributed by atoms with Gasteiger partial charge in [-0.2, -0.15) is 0 Å². The number of anilines is 1. The number of halogens is 2. The Morgan fingerprint density at radius 1 is 0.976 bits per heavy atom. The predicted molar refractivity (Wildman–Crippen MR) is 162 cm³/mol. The summed E-state index contributed by atoms with van der Waals surface area (Å²) < 4.78 is 16.5. The second kappa shape index (κ2) is 20.3. The summed E-state index contributed by atoms with van der Waals surface area (Å²) in [5.41, 5.74) is 1.56. The van der Waals surface area contributed by atoms with Gasteiger partial charge in [-0.05, 0) is 61.6 Å². The molecular formula is C29H42Cl2N4O7. The van der Waals surface area contributed by atoms with Crippen molar-refractivity contribution in [3.05, 3.63) is 51.6 Å². The van der Waals surface area contributed by atoms with Crippen LogP contribution in [0.5, 0.6) is 5.75 Å². The van der Waals surface area contributed by atoms with Crippen LogP contribution in [0.2, 0.25) is 10.0 Å². The largest absolute Gasteiger partial charge is 0.488 e. The summed E-state index contributed by atoms with van der Waals surface area (Å²) in [5.74, 6) is 0.272. The first-order valence-electron chi connectivity index (χ1n) is 14.1. The maximum atomic E-state index is 12.6. The maximum Gasteiger partial charge on any atom is 0.239 e. The topological polar surface area (TPSA) is 151 Å². The number of ether oxygens (including phenoxy) is 3. The van der Waals surface area contributed by atoms with Gasteiger partial charge in [0, 0.05) is 32.2 Å². The number of amides is 2. The van der Waals surface area contributed by atoms with Crippen LogP contribution >= 0.6 is 23.2 Å². The molecule has 13 heteroatoms. The lowest BCUT2D eigenvalue weighted by atomic mass is 10.0.